The van der Waals surface area contributed by atoms with Crippen LogP contribution in [0.5, 0.6) is 0 Å². The predicted molar refractivity (Wildman–Crippen MR) is 53.2 cm³/mol. The van der Waals surface area contributed by atoms with E-state index >= 15 is 0 Å². The summed E-state index contributed by atoms with van der Waals surface area (Å²) in [4.78, 5) is 11.1. The zero-order valence-corrected chi connectivity index (χ0v) is 8.91. The number of piperidine rings is 1. The Balaban J connectivity index is 2.12. The first-order chi connectivity index (χ1) is 6.68. The normalized spacial score (nSPS) is 22.1. The summed E-state index contributed by atoms with van der Waals surface area (Å²) in [6.07, 6.45) is 1.45. The van der Waals surface area contributed by atoms with E-state index in [1.807, 2.05) is 13.8 Å². The molecule has 0 aromatic heterocycles. The number of nitrogens with one attached hydrogen (secondary N) is 1. The molecule has 1 atom stereocenters. The van der Waals surface area contributed by atoms with Gasteiger partial charge in [-0.1, -0.05) is 13.8 Å². The summed E-state index contributed by atoms with van der Waals surface area (Å²) in [6.45, 7) is 6.18. The molecule has 82 valence electrons. The molecule has 4 nitrogen and oxygen atoms in total. The molecule has 4 heteroatoms. The monoisotopic (exact) mass is 201 g/mol. The van der Waals surface area contributed by atoms with Crippen LogP contribution in [0.15, 0.2) is 0 Å². The summed E-state index contributed by atoms with van der Waals surface area (Å²) < 4.78 is 10.0. The second-order valence-corrected chi connectivity index (χ2v) is 4.04. The fourth-order valence-corrected chi connectivity index (χ4v) is 1.33. The molecular weight excluding hydrogens is 182 g/mol. The number of carbonyl (C=O) groups excluding carboxylic acids is 1. The first-order valence-corrected chi connectivity index (χ1v) is 5.22. The maximum absolute atomic E-state index is 11.1. The topological polar surface area (TPSA) is 47.6 Å². The average Bonchev–Trinajstić information content (AvgIpc) is 2.16. The van der Waals surface area contributed by atoms with Crippen LogP contribution in [0, 0.1) is 5.92 Å². The molecule has 1 N–H and O–H groups in total. The molecule has 0 aromatic carbocycles. The van der Waals surface area contributed by atoms with Crippen LogP contribution < -0.4 is 5.32 Å². The minimum absolute atomic E-state index is 0.0107. The number of hydrogen-bond donors (Lipinski definition) is 1. The van der Waals surface area contributed by atoms with Gasteiger partial charge in [0.1, 0.15) is 6.10 Å². The van der Waals surface area contributed by atoms with Gasteiger partial charge in [-0.2, -0.15) is 0 Å². The molecule has 14 heavy (non-hydrogen) atoms. The van der Waals surface area contributed by atoms with Gasteiger partial charge in [-0.05, 0) is 25.3 Å². The van der Waals surface area contributed by atoms with Gasteiger partial charge in [-0.25, -0.2) is 4.79 Å². The number of carbonyl (C=O) groups is 1. The number of ether oxygens (including phenoxy) is 2. The highest BCUT2D eigenvalue weighted by atomic mass is 16.7. The Kier molecular flexibility index (Phi) is 4.73. The van der Waals surface area contributed by atoms with E-state index in [0.29, 0.717) is 12.5 Å². The fraction of sp³-hybridized carbons (Fsp3) is 0.900. The van der Waals surface area contributed by atoms with Crippen molar-refractivity contribution >= 4 is 6.16 Å². The Bertz CT molecular complexity index is 176. The molecule has 1 rings (SSSR count). The van der Waals surface area contributed by atoms with Crippen molar-refractivity contribution in [2.75, 3.05) is 19.7 Å². The lowest BCUT2D eigenvalue weighted by atomic mass is 10.1. The molecule has 0 saturated carbocycles. The zero-order valence-electron chi connectivity index (χ0n) is 8.91. The second kappa shape index (κ2) is 5.86. The second-order valence-electron chi connectivity index (χ2n) is 4.04. The van der Waals surface area contributed by atoms with Crippen LogP contribution in [0.1, 0.15) is 26.7 Å². The Labute approximate surface area is 85.0 Å². The molecule has 1 fully saturated rings. The van der Waals surface area contributed by atoms with E-state index in [2.05, 4.69) is 5.32 Å². The fourth-order valence-electron chi connectivity index (χ4n) is 1.33. The van der Waals surface area contributed by atoms with Crippen molar-refractivity contribution < 1.29 is 14.3 Å². The minimum Gasteiger partial charge on any atom is -0.434 e. The summed E-state index contributed by atoms with van der Waals surface area (Å²) in [5.74, 6) is 0.354. The van der Waals surface area contributed by atoms with Crippen molar-refractivity contribution in [3.63, 3.8) is 0 Å². The lowest BCUT2D eigenvalue weighted by Gasteiger charge is -2.22. The Hall–Kier alpha value is -0.770. The van der Waals surface area contributed by atoms with Crippen LogP contribution in [0.25, 0.3) is 0 Å². The molecule has 1 unspecified atom stereocenters. The Morgan fingerprint density at radius 2 is 2.36 bits per heavy atom. The van der Waals surface area contributed by atoms with Crippen molar-refractivity contribution in [3.05, 3.63) is 0 Å². The van der Waals surface area contributed by atoms with Gasteiger partial charge in [-0.15, -0.1) is 0 Å². The summed E-state index contributed by atoms with van der Waals surface area (Å²) >= 11 is 0. The van der Waals surface area contributed by atoms with Crippen molar-refractivity contribution in [2.24, 2.45) is 5.92 Å². The molecule has 0 aromatic rings. The summed E-state index contributed by atoms with van der Waals surface area (Å²) in [5.41, 5.74) is 0. The summed E-state index contributed by atoms with van der Waals surface area (Å²) in [7, 11) is 0. The third kappa shape index (κ3) is 4.46. The van der Waals surface area contributed by atoms with Gasteiger partial charge >= 0.3 is 6.16 Å². The molecule has 1 aliphatic heterocycles. The van der Waals surface area contributed by atoms with E-state index in [1.165, 1.54) is 0 Å². The van der Waals surface area contributed by atoms with E-state index in [4.69, 9.17) is 9.47 Å². The van der Waals surface area contributed by atoms with Gasteiger partial charge in [0.05, 0.1) is 6.61 Å². The highest BCUT2D eigenvalue weighted by molar-refractivity contribution is 5.60. The average molecular weight is 201 g/mol. The molecule has 1 saturated heterocycles. The van der Waals surface area contributed by atoms with Crippen LogP contribution >= 0.6 is 0 Å². The molecule has 0 bridgehead atoms. The highest BCUT2D eigenvalue weighted by Gasteiger charge is 2.18. The Morgan fingerprint density at radius 3 is 2.93 bits per heavy atom. The largest absolute Gasteiger partial charge is 0.508 e. The maximum atomic E-state index is 11.1. The zero-order chi connectivity index (χ0) is 10.4. The smallest absolute Gasteiger partial charge is 0.434 e. The Morgan fingerprint density at radius 1 is 1.57 bits per heavy atom. The molecule has 0 amide bonds. The minimum atomic E-state index is -0.535. The third-order valence-electron chi connectivity index (χ3n) is 2.05. The third-order valence-corrected chi connectivity index (χ3v) is 2.05. The van der Waals surface area contributed by atoms with Gasteiger partial charge in [-0.3, -0.25) is 0 Å². The van der Waals surface area contributed by atoms with Crippen LogP contribution in [0.3, 0.4) is 0 Å². The van der Waals surface area contributed by atoms with Crippen LogP contribution in [0.4, 0.5) is 4.79 Å². The van der Waals surface area contributed by atoms with E-state index in [-0.39, 0.29) is 6.10 Å². The first-order valence-electron chi connectivity index (χ1n) is 5.22. The quantitative estimate of drug-likeness (QED) is 0.704. The van der Waals surface area contributed by atoms with Crippen LogP contribution in [-0.2, 0) is 9.47 Å². The number of hydrogen-bond acceptors (Lipinski definition) is 4. The van der Waals surface area contributed by atoms with Crippen molar-refractivity contribution in [2.45, 2.75) is 32.8 Å². The van der Waals surface area contributed by atoms with Gasteiger partial charge in [0, 0.05) is 6.54 Å². The number of rotatable bonds is 3. The lowest BCUT2D eigenvalue weighted by Crippen LogP contribution is -2.36. The molecule has 1 heterocycles. The predicted octanol–water partition coefficient (Wildman–Crippen LogP) is 1.55. The van der Waals surface area contributed by atoms with E-state index in [0.717, 1.165) is 25.9 Å². The lowest BCUT2D eigenvalue weighted by molar-refractivity contribution is 0.0106. The van der Waals surface area contributed by atoms with Gasteiger partial charge in [0.2, 0.25) is 0 Å². The van der Waals surface area contributed by atoms with Crippen molar-refractivity contribution in [1.82, 2.24) is 5.32 Å². The standard InChI is InChI=1S/C10H19NO3/c1-8(2)7-13-10(12)14-9-4-3-5-11-6-9/h8-9,11H,3-7H2,1-2H3. The van der Waals surface area contributed by atoms with Crippen LogP contribution in [-0.4, -0.2) is 32.0 Å². The van der Waals surface area contributed by atoms with E-state index < -0.39 is 6.16 Å². The summed E-state index contributed by atoms with van der Waals surface area (Å²) in [5, 5.41) is 3.17. The SMILES string of the molecule is CC(C)COC(=O)OC1CCCNC1. The van der Waals surface area contributed by atoms with Gasteiger partial charge in [0.15, 0.2) is 0 Å². The van der Waals surface area contributed by atoms with Gasteiger partial charge < -0.3 is 14.8 Å². The van der Waals surface area contributed by atoms with Gasteiger partial charge in [0.25, 0.3) is 0 Å². The first kappa shape index (κ1) is 11.3. The maximum Gasteiger partial charge on any atom is 0.508 e. The van der Waals surface area contributed by atoms with Crippen LogP contribution in [0.2, 0.25) is 0 Å². The van der Waals surface area contributed by atoms with E-state index in [1.54, 1.807) is 0 Å². The molecule has 0 spiro atoms. The highest BCUT2D eigenvalue weighted by Crippen LogP contribution is 2.07. The van der Waals surface area contributed by atoms with Crippen molar-refractivity contribution in [3.8, 4) is 0 Å². The summed E-state index contributed by atoms with van der Waals surface area (Å²) in [6, 6.07) is 0. The van der Waals surface area contributed by atoms with Crippen molar-refractivity contribution in [1.29, 1.82) is 0 Å². The van der Waals surface area contributed by atoms with E-state index in [9.17, 15) is 4.79 Å². The molecule has 0 radical (unpaired) electrons. The molecule has 0 aliphatic carbocycles. The molecule has 1 aliphatic rings. The molecular formula is C10H19NO3.